The minimum absolute atomic E-state index is 0.334. The molecule has 2 heteroatoms. The molecule has 0 saturated heterocycles. The monoisotopic (exact) mass is 438 g/mol. The first kappa shape index (κ1) is 23.0. The number of halogens is 2. The Morgan fingerprint density at radius 1 is 0.636 bits per heavy atom. The highest BCUT2D eigenvalue weighted by atomic mass is 79.9. The standard InChI is InChI=1S/C20H40Br2/c1-4-7-10-11-12-13-16-19(21)20(22,17-14-8-5-2)18-15-9-6-3/h19H,4-18H2,1-3H3. The lowest BCUT2D eigenvalue weighted by atomic mass is 9.89. The van der Waals surface area contributed by atoms with E-state index < -0.39 is 0 Å². The second-order valence-electron chi connectivity index (χ2n) is 6.97. The number of hydrogen-bond acceptors (Lipinski definition) is 0. The molecule has 0 heterocycles. The summed E-state index contributed by atoms with van der Waals surface area (Å²) < 4.78 is 0.334. The van der Waals surface area contributed by atoms with E-state index in [0.717, 1.165) is 0 Å². The quantitative estimate of drug-likeness (QED) is 0.166. The van der Waals surface area contributed by atoms with Crippen LogP contribution in [0.25, 0.3) is 0 Å². The second kappa shape index (κ2) is 15.5. The van der Waals surface area contributed by atoms with Crippen molar-refractivity contribution in [3.63, 3.8) is 0 Å². The van der Waals surface area contributed by atoms with E-state index in [4.69, 9.17) is 0 Å². The maximum absolute atomic E-state index is 4.16. The molecule has 0 fully saturated rings. The lowest BCUT2D eigenvalue weighted by molar-refractivity contribution is 0.431. The Hall–Kier alpha value is 0.960. The summed E-state index contributed by atoms with van der Waals surface area (Å²) in [6.07, 6.45) is 20.5. The Bertz CT molecular complexity index is 218. The van der Waals surface area contributed by atoms with Crippen LogP contribution in [-0.4, -0.2) is 9.15 Å². The second-order valence-corrected chi connectivity index (χ2v) is 9.66. The van der Waals surface area contributed by atoms with Gasteiger partial charge in [0.15, 0.2) is 0 Å². The van der Waals surface area contributed by atoms with Crippen LogP contribution in [0.4, 0.5) is 0 Å². The summed E-state index contributed by atoms with van der Waals surface area (Å²) in [5.74, 6) is 0. The topological polar surface area (TPSA) is 0 Å². The molecule has 0 nitrogen and oxygen atoms in total. The van der Waals surface area contributed by atoms with Crippen molar-refractivity contribution in [3.05, 3.63) is 0 Å². The summed E-state index contributed by atoms with van der Waals surface area (Å²) in [5, 5.41) is 0. The van der Waals surface area contributed by atoms with E-state index in [2.05, 4.69) is 52.6 Å². The Morgan fingerprint density at radius 3 is 1.55 bits per heavy atom. The van der Waals surface area contributed by atoms with Gasteiger partial charge in [-0.1, -0.05) is 130 Å². The van der Waals surface area contributed by atoms with Gasteiger partial charge in [-0.3, -0.25) is 0 Å². The van der Waals surface area contributed by atoms with Crippen LogP contribution in [0.15, 0.2) is 0 Å². The van der Waals surface area contributed by atoms with E-state index in [-0.39, 0.29) is 0 Å². The zero-order valence-corrected chi connectivity index (χ0v) is 18.6. The number of unbranched alkanes of at least 4 members (excludes halogenated alkanes) is 9. The summed E-state index contributed by atoms with van der Waals surface area (Å²) >= 11 is 8.20. The molecule has 134 valence electrons. The Labute approximate surface area is 157 Å². The molecule has 0 saturated carbocycles. The van der Waals surface area contributed by atoms with Crippen molar-refractivity contribution in [1.29, 1.82) is 0 Å². The van der Waals surface area contributed by atoms with E-state index in [0.29, 0.717) is 9.15 Å². The van der Waals surface area contributed by atoms with Gasteiger partial charge in [0.25, 0.3) is 0 Å². The third-order valence-electron chi connectivity index (χ3n) is 4.76. The molecule has 0 N–H and O–H groups in total. The van der Waals surface area contributed by atoms with Crippen molar-refractivity contribution in [3.8, 4) is 0 Å². The van der Waals surface area contributed by atoms with Crippen LogP contribution < -0.4 is 0 Å². The Morgan fingerprint density at radius 2 is 1.05 bits per heavy atom. The van der Waals surface area contributed by atoms with Crippen LogP contribution in [0.1, 0.15) is 117 Å². The van der Waals surface area contributed by atoms with E-state index in [1.807, 2.05) is 0 Å². The van der Waals surface area contributed by atoms with Gasteiger partial charge in [0, 0.05) is 9.15 Å². The van der Waals surface area contributed by atoms with Crippen LogP contribution in [0.5, 0.6) is 0 Å². The highest BCUT2D eigenvalue weighted by Gasteiger charge is 2.33. The average molecular weight is 440 g/mol. The van der Waals surface area contributed by atoms with E-state index in [1.165, 1.54) is 96.3 Å². The summed E-state index contributed by atoms with van der Waals surface area (Å²) in [4.78, 5) is 0.639. The van der Waals surface area contributed by atoms with Gasteiger partial charge in [-0.05, 0) is 19.3 Å². The molecular weight excluding hydrogens is 400 g/mol. The predicted octanol–water partition coefficient (Wildman–Crippen LogP) is 8.79. The molecule has 0 aliphatic heterocycles. The number of alkyl halides is 2. The van der Waals surface area contributed by atoms with E-state index >= 15 is 0 Å². The van der Waals surface area contributed by atoms with Crippen molar-refractivity contribution in [1.82, 2.24) is 0 Å². The summed E-state index contributed by atoms with van der Waals surface area (Å²) in [7, 11) is 0. The van der Waals surface area contributed by atoms with Crippen molar-refractivity contribution in [2.24, 2.45) is 0 Å². The summed E-state index contributed by atoms with van der Waals surface area (Å²) in [5.41, 5.74) is 0. The molecule has 0 aromatic carbocycles. The molecule has 0 aliphatic rings. The average Bonchev–Trinajstić information content (AvgIpc) is 2.51. The van der Waals surface area contributed by atoms with Crippen molar-refractivity contribution in [2.45, 2.75) is 126 Å². The fraction of sp³-hybridized carbons (Fsp3) is 1.00. The fourth-order valence-electron chi connectivity index (χ4n) is 3.14. The molecule has 0 bridgehead atoms. The zero-order chi connectivity index (χ0) is 16.7. The van der Waals surface area contributed by atoms with Gasteiger partial charge in [0.2, 0.25) is 0 Å². The molecule has 1 atom stereocenters. The van der Waals surface area contributed by atoms with Gasteiger partial charge in [-0.2, -0.15) is 0 Å². The van der Waals surface area contributed by atoms with Gasteiger partial charge in [-0.15, -0.1) is 0 Å². The first-order chi connectivity index (χ1) is 10.6. The Kier molecular flexibility index (Phi) is 16.2. The predicted molar refractivity (Wildman–Crippen MR) is 111 cm³/mol. The van der Waals surface area contributed by atoms with Gasteiger partial charge in [0.1, 0.15) is 0 Å². The number of rotatable bonds is 16. The lowest BCUT2D eigenvalue weighted by Crippen LogP contribution is -2.32. The third-order valence-corrected chi connectivity index (χ3v) is 8.06. The van der Waals surface area contributed by atoms with Gasteiger partial charge < -0.3 is 0 Å². The highest BCUT2D eigenvalue weighted by Crippen LogP contribution is 2.40. The van der Waals surface area contributed by atoms with E-state index in [9.17, 15) is 0 Å². The molecule has 0 aromatic heterocycles. The summed E-state index contributed by atoms with van der Waals surface area (Å²) in [6, 6.07) is 0. The molecule has 0 amide bonds. The molecule has 1 unspecified atom stereocenters. The maximum atomic E-state index is 4.16. The minimum Gasteiger partial charge on any atom is -0.0875 e. The molecule has 0 aliphatic carbocycles. The van der Waals surface area contributed by atoms with Crippen molar-refractivity contribution >= 4 is 31.9 Å². The fourth-order valence-corrected chi connectivity index (χ4v) is 4.71. The van der Waals surface area contributed by atoms with E-state index in [1.54, 1.807) is 0 Å². The smallest absolute Gasteiger partial charge is 0.0382 e. The first-order valence-electron chi connectivity index (χ1n) is 9.93. The molecule has 22 heavy (non-hydrogen) atoms. The molecule has 0 aromatic rings. The number of hydrogen-bond donors (Lipinski definition) is 0. The van der Waals surface area contributed by atoms with Crippen LogP contribution in [-0.2, 0) is 0 Å². The largest absolute Gasteiger partial charge is 0.0875 e. The normalized spacial score (nSPS) is 13.5. The summed E-state index contributed by atoms with van der Waals surface area (Å²) in [6.45, 7) is 6.89. The highest BCUT2D eigenvalue weighted by molar-refractivity contribution is 9.12. The molecule has 0 rings (SSSR count). The minimum atomic E-state index is 0.334. The molecule has 0 spiro atoms. The first-order valence-corrected chi connectivity index (χ1v) is 11.6. The lowest BCUT2D eigenvalue weighted by Gasteiger charge is -2.33. The van der Waals surface area contributed by atoms with Crippen LogP contribution in [0.3, 0.4) is 0 Å². The van der Waals surface area contributed by atoms with Gasteiger partial charge in [0.05, 0.1) is 0 Å². The van der Waals surface area contributed by atoms with Gasteiger partial charge in [-0.25, -0.2) is 0 Å². The van der Waals surface area contributed by atoms with Crippen LogP contribution >= 0.6 is 31.9 Å². The SMILES string of the molecule is CCCCCCCCC(Br)C(Br)(CCCCC)CCCCC. The third kappa shape index (κ3) is 11.5. The van der Waals surface area contributed by atoms with Crippen LogP contribution in [0, 0.1) is 0 Å². The molecular formula is C20H40Br2. The van der Waals surface area contributed by atoms with Gasteiger partial charge >= 0.3 is 0 Å². The Balaban J connectivity index is 4.13. The maximum Gasteiger partial charge on any atom is 0.0382 e. The van der Waals surface area contributed by atoms with Crippen molar-refractivity contribution in [2.75, 3.05) is 0 Å². The zero-order valence-electron chi connectivity index (χ0n) is 15.4. The van der Waals surface area contributed by atoms with Crippen LogP contribution in [0.2, 0.25) is 0 Å². The van der Waals surface area contributed by atoms with Crippen molar-refractivity contribution < 1.29 is 0 Å². The molecule has 0 radical (unpaired) electrons.